The molecule has 0 N–H and O–H groups in total. The minimum Gasteiger partial charge on any atom is -0.303 e. The summed E-state index contributed by atoms with van der Waals surface area (Å²) in [6.45, 7) is 15.8. The third kappa shape index (κ3) is 3.72. The van der Waals surface area contributed by atoms with E-state index in [9.17, 15) is 0 Å². The van der Waals surface area contributed by atoms with E-state index in [4.69, 9.17) is 0 Å². The predicted molar refractivity (Wildman–Crippen MR) is 112 cm³/mol. The van der Waals surface area contributed by atoms with Crippen molar-refractivity contribution in [3.63, 3.8) is 0 Å². The van der Waals surface area contributed by atoms with Crippen LogP contribution in [0.5, 0.6) is 0 Å². The maximum Gasteiger partial charge on any atom is 0.0223 e. The zero-order chi connectivity index (χ0) is 18.5. The molecule has 0 radical (unpaired) electrons. The van der Waals surface area contributed by atoms with E-state index in [1.807, 2.05) is 0 Å². The van der Waals surface area contributed by atoms with Crippen LogP contribution in [0.4, 0.5) is 0 Å². The van der Waals surface area contributed by atoms with Gasteiger partial charge in [0.2, 0.25) is 0 Å². The largest absolute Gasteiger partial charge is 0.303 e. The van der Waals surface area contributed by atoms with Crippen molar-refractivity contribution >= 4 is 0 Å². The Kier molecular flexibility index (Phi) is 6.50. The summed E-state index contributed by atoms with van der Waals surface area (Å²) < 4.78 is 0. The first-order chi connectivity index (χ1) is 12.7. The van der Waals surface area contributed by atoms with Crippen molar-refractivity contribution in [3.8, 4) is 0 Å². The van der Waals surface area contributed by atoms with Crippen LogP contribution in [-0.2, 0) is 0 Å². The summed E-state index contributed by atoms with van der Waals surface area (Å²) in [4.78, 5) is 5.12. The van der Waals surface area contributed by atoms with Gasteiger partial charge in [-0.2, -0.15) is 0 Å². The van der Waals surface area contributed by atoms with Gasteiger partial charge in [0.25, 0.3) is 0 Å². The summed E-state index contributed by atoms with van der Waals surface area (Å²) >= 11 is 0. The smallest absolute Gasteiger partial charge is 0.0223 e. The predicted octanol–water partition coefficient (Wildman–Crippen LogP) is 4.95. The molecule has 2 aromatic carbocycles. The van der Waals surface area contributed by atoms with Crippen molar-refractivity contribution in [2.75, 3.05) is 39.3 Å². The van der Waals surface area contributed by atoms with E-state index in [1.54, 1.807) is 0 Å². The van der Waals surface area contributed by atoms with Gasteiger partial charge in [-0.05, 0) is 48.4 Å². The van der Waals surface area contributed by atoms with Gasteiger partial charge in [-0.1, -0.05) is 76.2 Å². The number of benzene rings is 2. The second kappa shape index (κ2) is 8.83. The molecule has 0 saturated heterocycles. The molecule has 0 amide bonds. The Hall–Kier alpha value is -1.64. The molecule has 140 valence electrons. The minimum absolute atomic E-state index is 0.482. The van der Waals surface area contributed by atoms with Crippen molar-refractivity contribution < 1.29 is 0 Å². The van der Waals surface area contributed by atoms with Crippen LogP contribution < -0.4 is 0 Å². The number of nitrogens with zero attached hydrogens (tertiary/aromatic N) is 2. The molecule has 2 nitrogen and oxygen atoms in total. The Bertz CT molecular complexity index is 593. The van der Waals surface area contributed by atoms with E-state index >= 15 is 0 Å². The Morgan fingerprint density at radius 2 is 0.808 bits per heavy atom. The van der Waals surface area contributed by atoms with Crippen LogP contribution in [0.2, 0.25) is 0 Å². The molecule has 0 saturated carbocycles. The lowest BCUT2D eigenvalue weighted by molar-refractivity contribution is 0.280. The van der Waals surface area contributed by atoms with Crippen LogP contribution >= 0.6 is 0 Å². The fraction of sp³-hybridized carbons (Fsp3) is 0.500. The molecule has 3 rings (SSSR count). The van der Waals surface area contributed by atoms with Crippen LogP contribution in [0.25, 0.3) is 0 Å². The SMILES string of the molecule is CCN(CC)CC1c2ccccc2C(CN(CC)CC)c2ccccc21. The third-order valence-corrected chi connectivity index (χ3v) is 6.16. The molecule has 1 aliphatic carbocycles. The lowest BCUT2D eigenvalue weighted by atomic mass is 9.72. The number of hydrogen-bond acceptors (Lipinski definition) is 2. The average molecular weight is 351 g/mol. The molecule has 2 heteroatoms. The third-order valence-electron chi connectivity index (χ3n) is 6.16. The van der Waals surface area contributed by atoms with Gasteiger partial charge in [0.15, 0.2) is 0 Å². The van der Waals surface area contributed by atoms with E-state index in [-0.39, 0.29) is 0 Å². The van der Waals surface area contributed by atoms with Crippen LogP contribution in [0.15, 0.2) is 48.5 Å². The Balaban J connectivity index is 2.06. The quantitative estimate of drug-likeness (QED) is 0.665. The highest BCUT2D eigenvalue weighted by atomic mass is 15.1. The van der Waals surface area contributed by atoms with Gasteiger partial charge in [0.05, 0.1) is 0 Å². The van der Waals surface area contributed by atoms with Gasteiger partial charge >= 0.3 is 0 Å². The molecule has 2 aromatic rings. The highest BCUT2D eigenvalue weighted by Crippen LogP contribution is 2.43. The molecule has 0 aliphatic heterocycles. The van der Waals surface area contributed by atoms with Crippen LogP contribution in [-0.4, -0.2) is 49.1 Å². The summed E-state index contributed by atoms with van der Waals surface area (Å²) in [5, 5.41) is 0. The standard InChI is InChI=1S/C24H34N2/c1-5-25(6-2)17-23-19-13-9-11-15-21(19)24(18-26(7-3)8-4)22-16-12-10-14-20(22)23/h9-16,23-24H,5-8,17-18H2,1-4H3. The molecule has 0 unspecified atom stereocenters. The van der Waals surface area contributed by atoms with Gasteiger partial charge in [-0.25, -0.2) is 0 Å². The number of rotatable bonds is 8. The molecule has 0 heterocycles. The van der Waals surface area contributed by atoms with Gasteiger partial charge in [0.1, 0.15) is 0 Å². The van der Waals surface area contributed by atoms with E-state index in [0.717, 1.165) is 39.3 Å². The fourth-order valence-electron chi connectivity index (χ4n) is 4.50. The maximum absolute atomic E-state index is 2.56. The first-order valence-corrected chi connectivity index (χ1v) is 10.4. The summed E-state index contributed by atoms with van der Waals surface area (Å²) in [6, 6.07) is 18.4. The average Bonchev–Trinajstić information content (AvgIpc) is 2.70. The van der Waals surface area contributed by atoms with Gasteiger partial charge in [-0.15, -0.1) is 0 Å². The molecule has 1 aliphatic rings. The van der Waals surface area contributed by atoms with Crippen molar-refractivity contribution in [2.45, 2.75) is 39.5 Å². The first-order valence-electron chi connectivity index (χ1n) is 10.4. The van der Waals surface area contributed by atoms with E-state index < -0.39 is 0 Å². The maximum atomic E-state index is 2.56. The van der Waals surface area contributed by atoms with Crippen molar-refractivity contribution in [1.29, 1.82) is 0 Å². The zero-order valence-electron chi connectivity index (χ0n) is 16.9. The number of likely N-dealkylation sites (N-methyl/N-ethyl adjacent to an activating group) is 2. The molecule has 0 bridgehead atoms. The van der Waals surface area contributed by atoms with Crippen molar-refractivity contribution in [2.24, 2.45) is 0 Å². The van der Waals surface area contributed by atoms with Gasteiger partial charge in [-0.3, -0.25) is 0 Å². The highest BCUT2D eigenvalue weighted by molar-refractivity contribution is 5.53. The van der Waals surface area contributed by atoms with Crippen LogP contribution in [0.3, 0.4) is 0 Å². The summed E-state index contributed by atoms with van der Waals surface area (Å²) in [5.41, 5.74) is 6.15. The van der Waals surface area contributed by atoms with Crippen molar-refractivity contribution in [1.82, 2.24) is 9.80 Å². The molecular formula is C24H34N2. The van der Waals surface area contributed by atoms with E-state index in [1.165, 1.54) is 22.3 Å². The van der Waals surface area contributed by atoms with Gasteiger partial charge in [0, 0.05) is 24.9 Å². The first kappa shape index (κ1) is 19.1. The normalized spacial score (nSPS) is 18.8. The Morgan fingerprint density at radius 3 is 1.04 bits per heavy atom. The highest BCUT2D eigenvalue weighted by Gasteiger charge is 2.32. The second-order valence-corrected chi connectivity index (χ2v) is 7.33. The molecular weight excluding hydrogens is 316 g/mol. The topological polar surface area (TPSA) is 6.48 Å². The van der Waals surface area contributed by atoms with Gasteiger partial charge < -0.3 is 9.80 Å². The summed E-state index contributed by atoms with van der Waals surface area (Å²) in [7, 11) is 0. The molecule has 0 atom stereocenters. The number of hydrogen-bond donors (Lipinski definition) is 0. The Morgan fingerprint density at radius 1 is 0.538 bits per heavy atom. The fourth-order valence-corrected chi connectivity index (χ4v) is 4.50. The molecule has 0 fully saturated rings. The molecule has 0 spiro atoms. The molecule has 0 aromatic heterocycles. The monoisotopic (exact) mass is 350 g/mol. The minimum atomic E-state index is 0.482. The van der Waals surface area contributed by atoms with E-state index in [2.05, 4.69) is 86.0 Å². The summed E-state index contributed by atoms with van der Waals surface area (Å²) in [6.07, 6.45) is 0. The Labute approximate surface area is 159 Å². The molecule has 26 heavy (non-hydrogen) atoms. The lowest BCUT2D eigenvalue weighted by Crippen LogP contribution is -2.35. The number of fused-ring (bicyclic) bond motifs is 2. The van der Waals surface area contributed by atoms with Crippen molar-refractivity contribution in [3.05, 3.63) is 70.8 Å². The van der Waals surface area contributed by atoms with Crippen LogP contribution in [0.1, 0.15) is 61.8 Å². The van der Waals surface area contributed by atoms with Crippen LogP contribution in [0, 0.1) is 0 Å². The second-order valence-electron chi connectivity index (χ2n) is 7.33. The lowest BCUT2D eigenvalue weighted by Gasteiger charge is -2.38. The summed E-state index contributed by atoms with van der Waals surface area (Å²) in [5.74, 6) is 0.963. The van der Waals surface area contributed by atoms with E-state index in [0.29, 0.717) is 11.8 Å². The zero-order valence-corrected chi connectivity index (χ0v) is 16.9.